The molecule has 0 radical (unpaired) electrons. The minimum absolute atomic E-state index is 0.0125. The van der Waals surface area contributed by atoms with E-state index in [1.54, 1.807) is 20.2 Å². The Kier molecular flexibility index (Phi) is 5.65. The van der Waals surface area contributed by atoms with E-state index in [1.165, 1.54) is 0 Å². The van der Waals surface area contributed by atoms with Gasteiger partial charge in [0.05, 0.1) is 44.7 Å². The Hall–Kier alpha value is -2.63. The number of aromatic hydroxyl groups is 1. The average molecular weight is 507 g/mol. The molecule has 3 aliphatic rings. The van der Waals surface area contributed by atoms with Crippen LogP contribution in [-0.4, -0.2) is 105 Å². The van der Waals surface area contributed by atoms with Gasteiger partial charge in [0.2, 0.25) is 11.8 Å². The van der Waals surface area contributed by atoms with E-state index in [0.29, 0.717) is 49.0 Å². The SMILES string of the molecule is CC(C)(C)OC(=O)N1C2CCC1CN(c1nc(N3CC([N+](C)(C)O)C3)nc3nc(O)c(Cl)cc13)C2. The van der Waals surface area contributed by atoms with E-state index >= 15 is 0 Å². The molecule has 1 amide bonds. The minimum atomic E-state index is -0.549. The van der Waals surface area contributed by atoms with Gasteiger partial charge < -0.3 is 19.6 Å². The van der Waals surface area contributed by atoms with Crippen molar-refractivity contribution in [3.63, 3.8) is 0 Å². The number of pyridine rings is 1. The number of fused-ring (bicyclic) bond motifs is 3. The van der Waals surface area contributed by atoms with Crippen LogP contribution in [0.5, 0.6) is 5.88 Å². The highest BCUT2D eigenvalue weighted by atomic mass is 35.5. The molecule has 2 unspecified atom stereocenters. The number of quaternary nitrogens is 1. The number of aromatic nitrogens is 3. The molecule has 3 saturated heterocycles. The van der Waals surface area contributed by atoms with Gasteiger partial charge in [-0.05, 0) is 39.7 Å². The lowest BCUT2D eigenvalue weighted by atomic mass is 10.1. The number of hydrogen-bond acceptors (Lipinski definition) is 9. The van der Waals surface area contributed by atoms with Gasteiger partial charge in [0.25, 0.3) is 0 Å². The second-order valence-electron chi connectivity index (χ2n) is 11.2. The first-order chi connectivity index (χ1) is 16.3. The Bertz CT molecular complexity index is 1150. The zero-order valence-electron chi connectivity index (χ0n) is 20.8. The molecule has 5 rings (SSSR count). The first-order valence-electron chi connectivity index (χ1n) is 11.9. The van der Waals surface area contributed by atoms with Crippen molar-refractivity contribution in [2.24, 2.45) is 0 Å². The molecule has 3 fully saturated rings. The lowest BCUT2D eigenvalue weighted by Crippen LogP contribution is -2.65. The molecule has 190 valence electrons. The Morgan fingerprint density at radius 1 is 1.09 bits per heavy atom. The van der Waals surface area contributed by atoms with Gasteiger partial charge in [0.1, 0.15) is 16.4 Å². The summed E-state index contributed by atoms with van der Waals surface area (Å²) in [6.07, 6.45) is 1.52. The van der Waals surface area contributed by atoms with Crippen molar-refractivity contribution in [3.8, 4) is 5.88 Å². The van der Waals surface area contributed by atoms with Crippen LogP contribution in [0.25, 0.3) is 11.0 Å². The molecule has 12 heteroatoms. The first kappa shape index (κ1) is 24.1. The lowest BCUT2D eigenvalue weighted by molar-refractivity contribution is -1.09. The topological polar surface area (TPSA) is 115 Å². The first-order valence-corrected chi connectivity index (χ1v) is 12.3. The van der Waals surface area contributed by atoms with Crippen LogP contribution in [-0.2, 0) is 4.74 Å². The van der Waals surface area contributed by atoms with Gasteiger partial charge in [0, 0.05) is 13.1 Å². The fraction of sp³-hybridized carbons (Fsp3) is 0.652. The number of hydrogen-bond donors (Lipinski definition) is 2. The number of anilines is 2. The van der Waals surface area contributed by atoms with Crippen LogP contribution in [0, 0.1) is 0 Å². The van der Waals surface area contributed by atoms with E-state index in [4.69, 9.17) is 21.3 Å². The largest absolute Gasteiger partial charge is 0.492 e. The summed E-state index contributed by atoms with van der Waals surface area (Å²) in [6.45, 7) is 8.03. The van der Waals surface area contributed by atoms with Gasteiger partial charge in [-0.25, -0.2) is 10.0 Å². The number of amides is 1. The maximum atomic E-state index is 12.9. The summed E-state index contributed by atoms with van der Waals surface area (Å²) in [4.78, 5) is 32.6. The normalized spacial score (nSPS) is 23.1. The van der Waals surface area contributed by atoms with E-state index in [9.17, 15) is 15.1 Å². The third kappa shape index (κ3) is 4.52. The van der Waals surface area contributed by atoms with Gasteiger partial charge in [-0.1, -0.05) is 11.6 Å². The molecular formula is C23H33ClN7O4+. The number of piperazine rings is 1. The second-order valence-corrected chi connectivity index (χ2v) is 11.6. The molecule has 3 aliphatic heterocycles. The zero-order valence-corrected chi connectivity index (χ0v) is 21.5. The summed E-state index contributed by atoms with van der Waals surface area (Å²) in [5, 5.41) is 21.2. The van der Waals surface area contributed by atoms with E-state index in [-0.39, 0.29) is 39.8 Å². The molecule has 35 heavy (non-hydrogen) atoms. The quantitative estimate of drug-likeness (QED) is 0.478. The standard InChI is InChI=1S/C23H32ClN7O4/c1-23(2,3)35-22(33)30-13-6-7-14(30)10-28(9-13)19-16-8-17(24)20(32)25-18(16)26-21(27-19)29-11-15(12-29)31(4,5)34/h8,13-15,34H,6-7,9-12H2,1-5H3/p+1. The van der Waals surface area contributed by atoms with Crippen LogP contribution in [0.15, 0.2) is 6.07 Å². The molecule has 2 atom stereocenters. The molecule has 0 aliphatic carbocycles. The van der Waals surface area contributed by atoms with Crippen molar-refractivity contribution in [1.29, 1.82) is 0 Å². The number of carbonyl (C=O) groups is 1. The number of nitrogens with zero attached hydrogens (tertiary/aromatic N) is 7. The highest BCUT2D eigenvalue weighted by molar-refractivity contribution is 6.32. The maximum absolute atomic E-state index is 12.9. The van der Waals surface area contributed by atoms with Crippen LogP contribution < -0.4 is 9.80 Å². The molecule has 2 N–H and O–H groups in total. The molecule has 11 nitrogen and oxygen atoms in total. The summed E-state index contributed by atoms with van der Waals surface area (Å²) in [7, 11) is 3.49. The smallest absolute Gasteiger partial charge is 0.410 e. The summed E-state index contributed by atoms with van der Waals surface area (Å²) in [5.41, 5.74) is -0.192. The summed E-state index contributed by atoms with van der Waals surface area (Å²) in [6, 6.07) is 1.72. The molecule has 2 aromatic rings. The van der Waals surface area contributed by atoms with E-state index in [1.807, 2.05) is 30.6 Å². The highest BCUT2D eigenvalue weighted by Crippen LogP contribution is 2.38. The van der Waals surface area contributed by atoms with E-state index in [0.717, 1.165) is 12.8 Å². The van der Waals surface area contributed by atoms with Crippen LogP contribution >= 0.6 is 11.6 Å². The van der Waals surface area contributed by atoms with E-state index < -0.39 is 5.60 Å². The third-order valence-corrected chi connectivity index (χ3v) is 7.29. The number of likely N-dealkylation sites (N-methyl/N-ethyl adjacent to an activating group) is 1. The van der Waals surface area contributed by atoms with Gasteiger partial charge in [-0.2, -0.15) is 19.6 Å². The number of halogens is 1. The fourth-order valence-electron chi connectivity index (χ4n) is 5.08. The molecule has 5 heterocycles. The Morgan fingerprint density at radius 3 is 2.29 bits per heavy atom. The van der Waals surface area contributed by atoms with Crippen molar-refractivity contribution in [3.05, 3.63) is 11.1 Å². The predicted molar refractivity (Wildman–Crippen MR) is 131 cm³/mol. The predicted octanol–water partition coefficient (Wildman–Crippen LogP) is 2.63. The van der Waals surface area contributed by atoms with Crippen molar-refractivity contribution < 1.29 is 24.5 Å². The highest BCUT2D eigenvalue weighted by Gasteiger charge is 2.45. The molecule has 0 spiro atoms. The number of ether oxygens (including phenoxy) is 1. The Morgan fingerprint density at radius 2 is 1.71 bits per heavy atom. The number of hydroxylamine groups is 3. The average Bonchev–Trinajstić information content (AvgIpc) is 2.95. The van der Waals surface area contributed by atoms with Gasteiger partial charge in [0.15, 0.2) is 11.7 Å². The van der Waals surface area contributed by atoms with Crippen LogP contribution in [0.1, 0.15) is 33.6 Å². The van der Waals surface area contributed by atoms with Crippen LogP contribution in [0.3, 0.4) is 0 Å². The summed E-state index contributed by atoms with van der Waals surface area (Å²) in [5.74, 6) is 0.897. The second kappa shape index (κ2) is 8.21. The minimum Gasteiger partial charge on any atom is -0.492 e. The molecule has 0 saturated carbocycles. The number of rotatable bonds is 3. The Balaban J connectivity index is 1.46. The Labute approximate surface area is 209 Å². The van der Waals surface area contributed by atoms with Crippen LogP contribution in [0.2, 0.25) is 5.02 Å². The lowest BCUT2D eigenvalue weighted by Gasteiger charge is -2.44. The molecule has 0 aromatic carbocycles. The molecule has 2 aromatic heterocycles. The van der Waals surface area contributed by atoms with E-state index in [2.05, 4.69) is 14.9 Å². The third-order valence-electron chi connectivity index (χ3n) is 7.01. The molecule has 2 bridgehead atoms. The monoisotopic (exact) mass is 506 g/mol. The molecular weight excluding hydrogens is 474 g/mol. The van der Waals surface area contributed by atoms with Crippen molar-refractivity contribution >= 4 is 40.5 Å². The van der Waals surface area contributed by atoms with Gasteiger partial charge in [-0.3, -0.25) is 4.90 Å². The fourth-order valence-corrected chi connectivity index (χ4v) is 5.23. The van der Waals surface area contributed by atoms with Gasteiger partial charge >= 0.3 is 6.09 Å². The number of carbonyl (C=O) groups excluding carboxylic acids is 1. The summed E-state index contributed by atoms with van der Waals surface area (Å²) >= 11 is 6.21. The van der Waals surface area contributed by atoms with Crippen molar-refractivity contribution in [2.75, 3.05) is 50.1 Å². The zero-order chi connectivity index (χ0) is 25.3. The van der Waals surface area contributed by atoms with Crippen molar-refractivity contribution in [1.82, 2.24) is 19.9 Å². The van der Waals surface area contributed by atoms with Crippen molar-refractivity contribution in [2.45, 2.75) is 57.3 Å². The van der Waals surface area contributed by atoms with Crippen LogP contribution in [0.4, 0.5) is 16.6 Å². The maximum Gasteiger partial charge on any atom is 0.410 e. The van der Waals surface area contributed by atoms with Gasteiger partial charge in [-0.15, -0.1) is 0 Å². The summed E-state index contributed by atoms with van der Waals surface area (Å²) < 4.78 is 5.54.